The number of carbonyl (C=O) groups excluding carboxylic acids is 1. The van der Waals surface area contributed by atoms with Crippen molar-refractivity contribution >= 4 is 17.5 Å². The molecule has 3 heteroatoms. The second-order valence-corrected chi connectivity index (χ2v) is 4.65. The molecule has 1 aliphatic rings. The Bertz CT molecular complexity index is 175. The average molecular weight is 190 g/mol. The molecule has 1 saturated carbocycles. The monoisotopic (exact) mass is 189 g/mol. The maximum absolute atomic E-state index is 11.1. The number of hydrogen-bond donors (Lipinski definition) is 1. The number of amides is 1. The Hall–Kier alpha value is -0.240. The fourth-order valence-electron chi connectivity index (χ4n) is 1.40. The van der Waals surface area contributed by atoms with Gasteiger partial charge in [0.15, 0.2) is 0 Å². The minimum atomic E-state index is -0.409. The molecule has 70 valence electrons. The predicted octanol–water partition coefficient (Wildman–Crippen LogP) is 1.92. The Labute approximate surface area is 78.7 Å². The quantitative estimate of drug-likeness (QED) is 0.676. The van der Waals surface area contributed by atoms with Crippen LogP contribution in [0.3, 0.4) is 0 Å². The van der Waals surface area contributed by atoms with Crippen LogP contribution in [0.4, 0.5) is 0 Å². The zero-order valence-electron chi connectivity index (χ0n) is 7.69. The van der Waals surface area contributed by atoms with Gasteiger partial charge in [0, 0.05) is 6.54 Å². The van der Waals surface area contributed by atoms with E-state index in [-0.39, 0.29) is 5.91 Å². The summed E-state index contributed by atoms with van der Waals surface area (Å²) in [5.41, 5.74) is 0.349. The lowest BCUT2D eigenvalue weighted by Gasteiger charge is -2.38. The van der Waals surface area contributed by atoms with Crippen LogP contribution in [0.5, 0.6) is 0 Å². The molecular weight excluding hydrogens is 174 g/mol. The fourth-order valence-corrected chi connectivity index (χ4v) is 1.48. The third-order valence-electron chi connectivity index (χ3n) is 2.61. The van der Waals surface area contributed by atoms with E-state index in [1.807, 2.05) is 0 Å². The summed E-state index contributed by atoms with van der Waals surface area (Å²) in [6, 6.07) is 0. The fraction of sp³-hybridized carbons (Fsp3) is 0.889. The van der Waals surface area contributed by atoms with E-state index in [0.29, 0.717) is 5.41 Å². The zero-order chi connectivity index (χ0) is 9.19. The SMILES string of the molecule is CC(Cl)C(=O)NCC1(C)CCC1. The summed E-state index contributed by atoms with van der Waals surface area (Å²) >= 11 is 5.61. The molecular formula is C9H16ClNO. The first kappa shape index (κ1) is 9.85. The third-order valence-corrected chi connectivity index (χ3v) is 2.81. The van der Waals surface area contributed by atoms with Gasteiger partial charge >= 0.3 is 0 Å². The highest BCUT2D eigenvalue weighted by Crippen LogP contribution is 2.39. The van der Waals surface area contributed by atoms with Crippen LogP contribution < -0.4 is 5.32 Å². The summed E-state index contributed by atoms with van der Waals surface area (Å²) in [5, 5.41) is 2.45. The van der Waals surface area contributed by atoms with E-state index in [4.69, 9.17) is 11.6 Å². The van der Waals surface area contributed by atoms with E-state index in [1.54, 1.807) is 6.92 Å². The van der Waals surface area contributed by atoms with E-state index in [9.17, 15) is 4.79 Å². The molecule has 0 aromatic carbocycles. The van der Waals surface area contributed by atoms with Gasteiger partial charge in [0.25, 0.3) is 0 Å². The number of rotatable bonds is 3. The van der Waals surface area contributed by atoms with E-state index in [0.717, 1.165) is 6.54 Å². The Balaban J connectivity index is 2.21. The van der Waals surface area contributed by atoms with E-state index >= 15 is 0 Å². The van der Waals surface area contributed by atoms with Crippen molar-refractivity contribution in [3.8, 4) is 0 Å². The molecule has 0 saturated heterocycles. The van der Waals surface area contributed by atoms with Gasteiger partial charge in [0.1, 0.15) is 5.38 Å². The van der Waals surface area contributed by atoms with Crippen molar-refractivity contribution in [1.29, 1.82) is 0 Å². The van der Waals surface area contributed by atoms with Crippen molar-refractivity contribution in [3.63, 3.8) is 0 Å². The zero-order valence-corrected chi connectivity index (χ0v) is 8.45. The summed E-state index contributed by atoms with van der Waals surface area (Å²) < 4.78 is 0. The highest BCUT2D eigenvalue weighted by Gasteiger charge is 2.32. The van der Waals surface area contributed by atoms with Crippen molar-refractivity contribution in [1.82, 2.24) is 5.32 Å². The van der Waals surface area contributed by atoms with Crippen LogP contribution in [0.1, 0.15) is 33.1 Å². The molecule has 1 fully saturated rings. The predicted molar refractivity (Wildman–Crippen MR) is 50.3 cm³/mol. The van der Waals surface area contributed by atoms with Gasteiger partial charge in [-0.3, -0.25) is 4.79 Å². The van der Waals surface area contributed by atoms with Gasteiger partial charge in [-0.2, -0.15) is 0 Å². The van der Waals surface area contributed by atoms with Crippen LogP contribution in [0.25, 0.3) is 0 Å². The Kier molecular flexibility index (Phi) is 2.99. The van der Waals surface area contributed by atoms with Crippen LogP contribution in [0.15, 0.2) is 0 Å². The topological polar surface area (TPSA) is 29.1 Å². The van der Waals surface area contributed by atoms with Crippen molar-refractivity contribution < 1.29 is 4.79 Å². The summed E-state index contributed by atoms with van der Waals surface area (Å²) in [6.45, 7) is 4.68. The standard InChI is InChI=1S/C9H16ClNO/c1-7(10)8(12)11-6-9(2)4-3-5-9/h7H,3-6H2,1-2H3,(H,11,12). The number of halogens is 1. The maximum atomic E-state index is 11.1. The van der Waals surface area contributed by atoms with Gasteiger partial charge in [-0.25, -0.2) is 0 Å². The van der Waals surface area contributed by atoms with Crippen LogP contribution in [-0.2, 0) is 4.79 Å². The van der Waals surface area contributed by atoms with E-state index < -0.39 is 5.38 Å². The second-order valence-electron chi connectivity index (χ2n) is 4.00. The highest BCUT2D eigenvalue weighted by molar-refractivity contribution is 6.30. The van der Waals surface area contributed by atoms with Crippen molar-refractivity contribution in [2.45, 2.75) is 38.5 Å². The van der Waals surface area contributed by atoms with Crippen molar-refractivity contribution in [3.05, 3.63) is 0 Å². The van der Waals surface area contributed by atoms with Crippen molar-refractivity contribution in [2.75, 3.05) is 6.54 Å². The minimum absolute atomic E-state index is 0.0511. The maximum Gasteiger partial charge on any atom is 0.237 e. The molecule has 0 heterocycles. The number of hydrogen-bond acceptors (Lipinski definition) is 1. The molecule has 0 aromatic heterocycles. The lowest BCUT2D eigenvalue weighted by Crippen LogP contribution is -2.41. The largest absolute Gasteiger partial charge is 0.354 e. The normalized spacial score (nSPS) is 22.6. The number of alkyl halides is 1. The molecule has 1 N–H and O–H groups in total. The van der Waals surface area contributed by atoms with Gasteiger partial charge in [0.2, 0.25) is 5.91 Å². The van der Waals surface area contributed by atoms with Crippen LogP contribution in [0, 0.1) is 5.41 Å². The summed E-state index contributed by atoms with van der Waals surface area (Å²) in [5.74, 6) is -0.0511. The van der Waals surface area contributed by atoms with Gasteiger partial charge in [-0.1, -0.05) is 13.3 Å². The Morgan fingerprint density at radius 3 is 2.58 bits per heavy atom. The molecule has 2 nitrogen and oxygen atoms in total. The van der Waals surface area contributed by atoms with E-state index in [2.05, 4.69) is 12.2 Å². The summed E-state index contributed by atoms with van der Waals surface area (Å²) in [4.78, 5) is 11.1. The van der Waals surface area contributed by atoms with Crippen molar-refractivity contribution in [2.24, 2.45) is 5.41 Å². The molecule has 0 bridgehead atoms. The molecule has 1 atom stereocenters. The molecule has 12 heavy (non-hydrogen) atoms. The lowest BCUT2D eigenvalue weighted by atomic mass is 9.70. The molecule has 0 aromatic rings. The number of nitrogens with one attached hydrogen (secondary N) is 1. The van der Waals surface area contributed by atoms with Crippen LogP contribution >= 0.6 is 11.6 Å². The van der Waals surface area contributed by atoms with Gasteiger partial charge in [-0.15, -0.1) is 11.6 Å². The lowest BCUT2D eigenvalue weighted by molar-refractivity contribution is -0.121. The first-order chi connectivity index (χ1) is 5.53. The molecule has 1 rings (SSSR count). The van der Waals surface area contributed by atoms with Gasteiger partial charge < -0.3 is 5.32 Å². The smallest absolute Gasteiger partial charge is 0.237 e. The van der Waals surface area contributed by atoms with Gasteiger partial charge in [-0.05, 0) is 25.2 Å². The summed E-state index contributed by atoms with van der Waals surface area (Å²) in [6.07, 6.45) is 3.75. The molecule has 1 amide bonds. The third kappa shape index (κ3) is 2.37. The van der Waals surface area contributed by atoms with E-state index in [1.165, 1.54) is 19.3 Å². The minimum Gasteiger partial charge on any atom is -0.354 e. The average Bonchev–Trinajstić information content (AvgIpc) is 1.96. The molecule has 1 aliphatic carbocycles. The first-order valence-corrected chi connectivity index (χ1v) is 4.89. The summed E-state index contributed by atoms with van der Waals surface area (Å²) in [7, 11) is 0. The first-order valence-electron chi connectivity index (χ1n) is 4.45. The number of carbonyl (C=O) groups is 1. The molecule has 0 aliphatic heterocycles. The van der Waals surface area contributed by atoms with Crippen LogP contribution in [-0.4, -0.2) is 17.8 Å². The molecule has 0 radical (unpaired) electrons. The Morgan fingerprint density at radius 2 is 2.25 bits per heavy atom. The van der Waals surface area contributed by atoms with Crippen LogP contribution in [0.2, 0.25) is 0 Å². The second kappa shape index (κ2) is 3.65. The highest BCUT2D eigenvalue weighted by atomic mass is 35.5. The molecule has 1 unspecified atom stereocenters. The van der Waals surface area contributed by atoms with Gasteiger partial charge in [0.05, 0.1) is 0 Å². The molecule has 0 spiro atoms. The Morgan fingerprint density at radius 1 is 1.67 bits per heavy atom.